The van der Waals surface area contributed by atoms with Gasteiger partial charge in [0, 0.05) is 12.7 Å². The van der Waals surface area contributed by atoms with E-state index in [9.17, 15) is 0 Å². The van der Waals surface area contributed by atoms with Crippen LogP contribution >= 0.6 is 11.6 Å². The number of halogens is 1. The van der Waals surface area contributed by atoms with Crippen LogP contribution < -0.4 is 0 Å². The zero-order chi connectivity index (χ0) is 11.4. The highest BCUT2D eigenvalue weighted by molar-refractivity contribution is 6.20. The minimum Gasteiger partial charge on any atom is -0.303 e. The molecule has 0 aliphatic carbocycles. The van der Waals surface area contributed by atoms with E-state index in [2.05, 4.69) is 15.2 Å². The molecule has 1 fully saturated rings. The van der Waals surface area contributed by atoms with E-state index in [1.165, 1.54) is 32.5 Å². The molecule has 2 rings (SSSR count). The molecule has 0 spiro atoms. The first-order chi connectivity index (χ1) is 7.75. The van der Waals surface area contributed by atoms with Crippen LogP contribution in [0.2, 0.25) is 0 Å². The second-order valence-corrected chi connectivity index (χ2v) is 5.08. The third-order valence-electron chi connectivity index (χ3n) is 3.02. The van der Waals surface area contributed by atoms with Crippen LogP contribution in [0.15, 0.2) is 6.20 Å². The average Bonchev–Trinajstić information content (AvgIpc) is 2.87. The van der Waals surface area contributed by atoms with Crippen LogP contribution in [0.3, 0.4) is 0 Å². The van der Waals surface area contributed by atoms with Gasteiger partial charge in [-0.3, -0.25) is 4.68 Å². The minimum absolute atomic E-state index is 0.0488. The van der Waals surface area contributed by atoms with Gasteiger partial charge in [0.05, 0.1) is 5.38 Å². The van der Waals surface area contributed by atoms with Gasteiger partial charge in [0.15, 0.2) is 0 Å². The molecule has 5 heteroatoms. The Bertz CT molecular complexity index is 318. The van der Waals surface area contributed by atoms with Gasteiger partial charge in [-0.15, -0.1) is 16.7 Å². The third-order valence-corrected chi connectivity index (χ3v) is 3.25. The van der Waals surface area contributed by atoms with E-state index >= 15 is 0 Å². The van der Waals surface area contributed by atoms with Crippen LogP contribution in [-0.4, -0.2) is 39.5 Å². The maximum Gasteiger partial charge on any atom is 0.100 e. The Morgan fingerprint density at radius 2 is 2.12 bits per heavy atom. The van der Waals surface area contributed by atoms with Crippen molar-refractivity contribution in [3.05, 3.63) is 11.9 Å². The monoisotopic (exact) mass is 242 g/mol. The fourth-order valence-corrected chi connectivity index (χ4v) is 2.17. The van der Waals surface area contributed by atoms with E-state index in [4.69, 9.17) is 11.6 Å². The maximum absolute atomic E-state index is 5.93. The van der Waals surface area contributed by atoms with Crippen LogP contribution in [0.5, 0.6) is 0 Å². The van der Waals surface area contributed by atoms with E-state index < -0.39 is 0 Å². The fourth-order valence-electron chi connectivity index (χ4n) is 2.07. The smallest absolute Gasteiger partial charge is 0.100 e. The zero-order valence-corrected chi connectivity index (χ0v) is 10.5. The number of likely N-dealkylation sites (tertiary alicyclic amines) is 1. The SMILES string of the molecule is CC(Cl)c1cn(CCCN2CCCC2)nn1. The second-order valence-electron chi connectivity index (χ2n) is 4.42. The van der Waals surface area contributed by atoms with E-state index in [1.807, 2.05) is 17.8 Å². The van der Waals surface area contributed by atoms with Crippen LogP contribution in [0.25, 0.3) is 0 Å². The Morgan fingerprint density at radius 3 is 2.75 bits per heavy atom. The number of alkyl halides is 1. The molecule has 1 saturated heterocycles. The summed E-state index contributed by atoms with van der Waals surface area (Å²) in [5, 5.41) is 8.05. The lowest BCUT2D eigenvalue weighted by Gasteiger charge is -2.13. The summed E-state index contributed by atoms with van der Waals surface area (Å²) >= 11 is 5.93. The lowest BCUT2D eigenvalue weighted by atomic mass is 10.3. The number of aromatic nitrogens is 3. The van der Waals surface area contributed by atoms with Gasteiger partial charge in [-0.2, -0.15) is 0 Å². The molecule has 0 radical (unpaired) electrons. The second kappa shape index (κ2) is 5.64. The lowest BCUT2D eigenvalue weighted by Crippen LogP contribution is -2.21. The van der Waals surface area contributed by atoms with Crippen molar-refractivity contribution in [2.75, 3.05) is 19.6 Å². The van der Waals surface area contributed by atoms with Crippen molar-refractivity contribution < 1.29 is 0 Å². The predicted octanol–water partition coefficient (Wildman–Crippen LogP) is 2.06. The predicted molar refractivity (Wildman–Crippen MR) is 64.6 cm³/mol. The number of hydrogen-bond donors (Lipinski definition) is 0. The molecule has 0 N–H and O–H groups in total. The Balaban J connectivity index is 1.72. The molecular formula is C11H19ClN4. The van der Waals surface area contributed by atoms with E-state index in [0.717, 1.165) is 18.7 Å². The van der Waals surface area contributed by atoms with Crippen LogP contribution in [0.4, 0.5) is 0 Å². The van der Waals surface area contributed by atoms with Gasteiger partial charge >= 0.3 is 0 Å². The standard InChI is InChI=1S/C11H19ClN4/c1-10(12)11-9-16(14-13-11)8-4-7-15-5-2-3-6-15/h9-10H,2-8H2,1H3. The van der Waals surface area contributed by atoms with Gasteiger partial charge in [-0.1, -0.05) is 5.21 Å². The maximum atomic E-state index is 5.93. The van der Waals surface area contributed by atoms with Gasteiger partial charge in [0.25, 0.3) is 0 Å². The fraction of sp³-hybridized carbons (Fsp3) is 0.818. The molecule has 1 unspecified atom stereocenters. The van der Waals surface area contributed by atoms with Gasteiger partial charge in [-0.05, 0) is 45.8 Å². The molecule has 1 aromatic heterocycles. The first-order valence-electron chi connectivity index (χ1n) is 6.02. The molecule has 1 atom stereocenters. The highest BCUT2D eigenvalue weighted by atomic mass is 35.5. The first-order valence-corrected chi connectivity index (χ1v) is 6.46. The first kappa shape index (κ1) is 11.9. The van der Waals surface area contributed by atoms with E-state index in [1.54, 1.807) is 0 Å². The van der Waals surface area contributed by atoms with Gasteiger partial charge < -0.3 is 4.90 Å². The van der Waals surface area contributed by atoms with Crippen molar-refractivity contribution in [3.63, 3.8) is 0 Å². The number of aryl methyl sites for hydroxylation is 1. The summed E-state index contributed by atoms with van der Waals surface area (Å²) in [6.07, 6.45) is 5.80. The van der Waals surface area contributed by atoms with Crippen molar-refractivity contribution in [1.29, 1.82) is 0 Å². The summed E-state index contributed by atoms with van der Waals surface area (Å²) in [5.41, 5.74) is 0.864. The molecule has 16 heavy (non-hydrogen) atoms. The summed E-state index contributed by atoms with van der Waals surface area (Å²) in [6, 6.07) is 0. The highest BCUT2D eigenvalue weighted by Gasteiger charge is 2.11. The van der Waals surface area contributed by atoms with Crippen molar-refractivity contribution in [2.45, 2.75) is 38.1 Å². The van der Waals surface area contributed by atoms with Gasteiger partial charge in [0.1, 0.15) is 5.69 Å². The molecular weight excluding hydrogens is 224 g/mol. The Kier molecular flexibility index (Phi) is 4.18. The molecule has 0 bridgehead atoms. The normalized spacial score (nSPS) is 19.1. The molecule has 1 aromatic rings. The van der Waals surface area contributed by atoms with Gasteiger partial charge in [-0.25, -0.2) is 0 Å². The highest BCUT2D eigenvalue weighted by Crippen LogP contribution is 2.15. The van der Waals surface area contributed by atoms with Crippen molar-refractivity contribution in [1.82, 2.24) is 19.9 Å². The molecule has 0 amide bonds. The van der Waals surface area contributed by atoms with Crippen molar-refractivity contribution in [2.24, 2.45) is 0 Å². The molecule has 4 nitrogen and oxygen atoms in total. The van der Waals surface area contributed by atoms with Crippen LogP contribution in [0, 0.1) is 0 Å². The average molecular weight is 243 g/mol. The summed E-state index contributed by atoms with van der Waals surface area (Å²) in [4.78, 5) is 2.52. The zero-order valence-electron chi connectivity index (χ0n) is 9.77. The Labute approximate surface area is 102 Å². The molecule has 0 aromatic carbocycles. The van der Waals surface area contributed by atoms with Crippen molar-refractivity contribution >= 4 is 11.6 Å². The van der Waals surface area contributed by atoms with Crippen LogP contribution in [0.1, 0.15) is 37.3 Å². The largest absolute Gasteiger partial charge is 0.303 e. The van der Waals surface area contributed by atoms with Crippen LogP contribution in [-0.2, 0) is 6.54 Å². The quantitative estimate of drug-likeness (QED) is 0.742. The molecule has 0 saturated carbocycles. The summed E-state index contributed by atoms with van der Waals surface area (Å²) < 4.78 is 1.89. The molecule has 90 valence electrons. The number of nitrogens with zero attached hydrogens (tertiary/aromatic N) is 4. The minimum atomic E-state index is -0.0488. The molecule has 2 heterocycles. The van der Waals surface area contributed by atoms with E-state index in [0.29, 0.717) is 0 Å². The van der Waals surface area contributed by atoms with Crippen molar-refractivity contribution in [3.8, 4) is 0 Å². The van der Waals surface area contributed by atoms with E-state index in [-0.39, 0.29) is 5.38 Å². The number of hydrogen-bond acceptors (Lipinski definition) is 3. The summed E-state index contributed by atoms with van der Waals surface area (Å²) in [6.45, 7) is 6.56. The molecule has 1 aliphatic rings. The topological polar surface area (TPSA) is 34.0 Å². The Hall–Kier alpha value is -0.610. The third kappa shape index (κ3) is 3.19. The lowest BCUT2D eigenvalue weighted by molar-refractivity contribution is 0.321. The summed E-state index contributed by atoms with van der Waals surface area (Å²) in [7, 11) is 0. The number of rotatable bonds is 5. The molecule has 1 aliphatic heterocycles. The Morgan fingerprint density at radius 1 is 1.38 bits per heavy atom. The van der Waals surface area contributed by atoms with Gasteiger partial charge in [0.2, 0.25) is 0 Å². The summed E-state index contributed by atoms with van der Waals surface area (Å²) in [5.74, 6) is 0.